The molecule has 0 N–H and O–H groups in total. The summed E-state index contributed by atoms with van der Waals surface area (Å²) >= 11 is 3.19. The molecule has 13 aromatic rings. The number of thiazole rings is 2. The summed E-state index contributed by atoms with van der Waals surface area (Å²) in [5, 5.41) is 28.8. The van der Waals surface area contributed by atoms with Gasteiger partial charge in [0.2, 0.25) is 11.0 Å². The molecule has 0 spiro atoms. The second kappa shape index (κ2) is 26.1. The molecule has 12 heteroatoms. The van der Waals surface area contributed by atoms with E-state index in [0.29, 0.717) is 0 Å². The number of para-hydroxylation sites is 2. The maximum Gasteiger partial charge on any atom is 0.408 e. The molecule has 0 fully saturated rings. The number of carbonyl (C=O) groups is 1. The highest BCUT2D eigenvalue weighted by Crippen LogP contribution is 2.45. The molecule has 0 unspecified atom stereocenters. The van der Waals surface area contributed by atoms with E-state index < -0.39 is 0 Å². The molecule has 0 bridgehead atoms. The zero-order chi connectivity index (χ0) is 56.4. The Hall–Kier alpha value is -9.36. The van der Waals surface area contributed by atoms with E-state index in [4.69, 9.17) is 0 Å². The van der Waals surface area contributed by atoms with Crippen LogP contribution in [-0.2, 0) is 40.7 Å². The van der Waals surface area contributed by atoms with Gasteiger partial charge in [-0.3, -0.25) is 4.79 Å². The number of aromatic nitrogens is 5. The van der Waals surface area contributed by atoms with Crippen LogP contribution in [0.3, 0.4) is 0 Å². The van der Waals surface area contributed by atoms with Crippen LogP contribution in [0, 0.1) is 36.1 Å². The lowest BCUT2D eigenvalue weighted by Gasteiger charge is -2.23. The normalized spacial score (nSPS) is 11.5. The molecule has 0 saturated carbocycles. The molecule has 1 aliphatic rings. The second-order valence-electron chi connectivity index (χ2n) is 20.6. The van der Waals surface area contributed by atoms with Crippen molar-refractivity contribution in [3.63, 3.8) is 0 Å². The standard InChI is InChI=1S/C30H24NO.2C20H19N4S.3CH3/c1-18-8-11-20(12-9-18)17-21-13-15-26-29-27(21)30(32)23-7-5-4-6-22(23)28(29)24-16-19(2)10-14-25(24)31(26)3;1-3-24-13-14-25-20(24)22-21-18-16-11-7-8-12-17(16)23(2)19(18)15-9-5-4-6-10-15;1-3-24-17-12-8-7-11-16(17)18(19(24)15-9-5-4-6-10-15)21-22-20-23(2)13-14-25-20;;;/h4-16H,17H2,1-3H3;2*4-14H,3H2,1-2H3;3*1H3/q3*+1;3*-1. The first-order valence-electron chi connectivity index (χ1n) is 27.7. The van der Waals surface area contributed by atoms with Gasteiger partial charge in [0.05, 0.1) is 57.0 Å². The van der Waals surface area contributed by atoms with Crippen LogP contribution in [0.1, 0.15) is 52.0 Å². The van der Waals surface area contributed by atoms with E-state index in [-0.39, 0.29) is 28.1 Å². The Balaban J connectivity index is 0.000000152. The summed E-state index contributed by atoms with van der Waals surface area (Å²) in [6, 6.07) is 65.2. The molecule has 0 aliphatic heterocycles. The van der Waals surface area contributed by atoms with Gasteiger partial charge in [0.1, 0.15) is 30.8 Å². The summed E-state index contributed by atoms with van der Waals surface area (Å²) in [5.41, 5.74) is 19.6. The van der Waals surface area contributed by atoms with Crippen molar-refractivity contribution in [3.05, 3.63) is 267 Å². The molecule has 5 aromatic heterocycles. The smallest absolute Gasteiger partial charge is 0.358 e. The topological polar surface area (TPSA) is 88.0 Å². The summed E-state index contributed by atoms with van der Waals surface area (Å²) in [5.74, 6) is 0.132. The Kier molecular flexibility index (Phi) is 18.5. The lowest BCUT2D eigenvalue weighted by atomic mass is 9.79. The van der Waals surface area contributed by atoms with Gasteiger partial charge < -0.3 is 31.4 Å². The third kappa shape index (κ3) is 11.4. The van der Waals surface area contributed by atoms with Crippen LogP contribution in [-0.4, -0.2) is 14.9 Å². The third-order valence-electron chi connectivity index (χ3n) is 15.5. The van der Waals surface area contributed by atoms with E-state index in [2.05, 4.69) is 232 Å². The predicted molar refractivity (Wildman–Crippen MR) is 355 cm³/mol. The number of nitrogens with zero attached hydrogens (tertiary/aromatic N) is 9. The van der Waals surface area contributed by atoms with Crippen LogP contribution in [0.5, 0.6) is 0 Å². The Morgan fingerprint density at radius 3 is 1.73 bits per heavy atom. The monoisotopic (exact) mass is 1150 g/mol. The Bertz CT molecular complexity index is 4590. The second-order valence-corrected chi connectivity index (χ2v) is 22.4. The largest absolute Gasteiger partial charge is 0.408 e. The SMILES string of the molecule is CC[n+]1ccsc1N=Nc1c(-c2ccccc2)n(C)c2ccccc12.CCn1c(-c2ccccc2)c(N=Nc2scc[n+]2C)c2ccccc21.Cc1ccc(Cc2ccc3c4c2C(=O)c2ccccc2-c4c2cc(C)ccc2[n+]3C)cc1.[CH3-].[CH3-].[CH3-]. The molecule has 0 atom stereocenters. The van der Waals surface area contributed by atoms with Crippen LogP contribution in [0.25, 0.3) is 77.3 Å². The third-order valence-corrected chi connectivity index (χ3v) is 17.1. The average molecular weight is 1150 g/mol. The number of carbonyl (C=O) groups excluding carboxylic acids is 1. The first-order chi connectivity index (χ1) is 40.1. The van der Waals surface area contributed by atoms with Gasteiger partial charge in [-0.05, 0) is 102 Å². The number of fused-ring (bicyclic) bond motifs is 6. The van der Waals surface area contributed by atoms with E-state index in [9.17, 15) is 4.79 Å². The van der Waals surface area contributed by atoms with Crippen molar-refractivity contribution in [2.45, 2.75) is 47.2 Å². The van der Waals surface area contributed by atoms with Gasteiger partial charge in [-0.25, -0.2) is 9.13 Å². The summed E-state index contributed by atoms with van der Waals surface area (Å²) in [7, 11) is 6.17. The minimum atomic E-state index is 0. The number of pyridine rings is 1. The summed E-state index contributed by atoms with van der Waals surface area (Å²) in [6.45, 7) is 10.3. The van der Waals surface area contributed by atoms with Gasteiger partial charge >= 0.3 is 10.3 Å². The first-order valence-corrected chi connectivity index (χ1v) is 29.5. The fourth-order valence-corrected chi connectivity index (χ4v) is 12.9. The van der Waals surface area contributed by atoms with E-state index in [0.717, 1.165) is 113 Å². The molecule has 10 nitrogen and oxygen atoms in total. The lowest BCUT2D eigenvalue weighted by molar-refractivity contribution is -0.676. The summed E-state index contributed by atoms with van der Waals surface area (Å²) in [4.78, 5) is 13.9. The number of rotatable bonds is 10. The van der Waals surface area contributed by atoms with Crippen molar-refractivity contribution in [1.82, 2.24) is 9.13 Å². The van der Waals surface area contributed by atoms with Gasteiger partial charge in [-0.1, -0.05) is 169 Å². The highest BCUT2D eigenvalue weighted by molar-refractivity contribution is 7.13. The lowest BCUT2D eigenvalue weighted by Crippen LogP contribution is -2.32. The van der Waals surface area contributed by atoms with Crippen molar-refractivity contribution in [2.24, 2.45) is 41.6 Å². The van der Waals surface area contributed by atoms with Crippen molar-refractivity contribution in [3.8, 4) is 33.6 Å². The highest BCUT2D eigenvalue weighted by atomic mass is 32.1. The van der Waals surface area contributed by atoms with Crippen molar-refractivity contribution >= 4 is 93.7 Å². The van der Waals surface area contributed by atoms with Gasteiger partial charge in [0.15, 0.2) is 5.78 Å². The maximum atomic E-state index is 13.9. The molecule has 0 saturated heterocycles. The fourth-order valence-electron chi connectivity index (χ4n) is 11.5. The minimum Gasteiger partial charge on any atom is -0.358 e. The Morgan fingerprint density at radius 1 is 0.518 bits per heavy atom. The summed E-state index contributed by atoms with van der Waals surface area (Å²) in [6.07, 6.45) is 4.78. The van der Waals surface area contributed by atoms with Crippen LogP contribution in [0.2, 0.25) is 0 Å². The molecule has 8 aromatic carbocycles. The zero-order valence-corrected chi connectivity index (χ0v) is 51.7. The Labute approximate surface area is 507 Å². The van der Waals surface area contributed by atoms with E-state index in [1.54, 1.807) is 22.7 Å². The molecule has 426 valence electrons. The van der Waals surface area contributed by atoms with E-state index >= 15 is 0 Å². The van der Waals surface area contributed by atoms with Crippen LogP contribution >= 0.6 is 22.7 Å². The summed E-state index contributed by atoms with van der Waals surface area (Å²) < 4.78 is 10.8. The van der Waals surface area contributed by atoms with Gasteiger partial charge in [-0.2, -0.15) is 4.57 Å². The van der Waals surface area contributed by atoms with Crippen molar-refractivity contribution < 1.29 is 18.5 Å². The molecule has 1 aliphatic carbocycles. The van der Waals surface area contributed by atoms with Crippen LogP contribution in [0.4, 0.5) is 21.6 Å². The average Bonchev–Trinajstić information content (AvgIpc) is 1.67. The van der Waals surface area contributed by atoms with E-state index in [1.165, 1.54) is 38.7 Å². The van der Waals surface area contributed by atoms with Crippen molar-refractivity contribution in [1.29, 1.82) is 0 Å². The maximum absolute atomic E-state index is 13.9. The minimum absolute atomic E-state index is 0. The number of hydrogen-bond donors (Lipinski definition) is 0. The number of aryl methyl sites for hydroxylation is 7. The van der Waals surface area contributed by atoms with Gasteiger partial charge in [-0.15, -0.1) is 0 Å². The zero-order valence-electron chi connectivity index (χ0n) is 50.1. The number of ketones is 1. The van der Waals surface area contributed by atoms with Gasteiger partial charge in [0.25, 0.3) is 0 Å². The molecular formula is C73H71N9OS2. The fraction of sp³-hybridized carbons (Fsp3) is 0.137. The number of hydrogen-bond acceptors (Lipinski definition) is 7. The molecule has 85 heavy (non-hydrogen) atoms. The highest BCUT2D eigenvalue weighted by Gasteiger charge is 2.33. The number of benzene rings is 8. The first kappa shape index (κ1) is 60.2. The van der Waals surface area contributed by atoms with E-state index in [1.807, 2.05) is 71.2 Å². The molecule has 5 heterocycles. The quantitative estimate of drug-likeness (QED) is 0.0581. The molecule has 0 radical (unpaired) electrons. The van der Waals surface area contributed by atoms with Crippen LogP contribution < -0.4 is 13.7 Å². The van der Waals surface area contributed by atoms with Crippen molar-refractivity contribution in [2.75, 3.05) is 0 Å². The predicted octanol–water partition coefficient (Wildman–Crippen LogP) is 18.8. The Morgan fingerprint density at radius 2 is 1.07 bits per heavy atom. The number of azo groups is 2. The van der Waals surface area contributed by atoms with Gasteiger partial charge in [0, 0.05) is 75.1 Å². The molecule has 0 amide bonds. The van der Waals surface area contributed by atoms with Crippen LogP contribution in [0.15, 0.2) is 232 Å². The molecular weight excluding hydrogens is 1080 g/mol. The molecule has 14 rings (SSSR count).